The summed E-state index contributed by atoms with van der Waals surface area (Å²) in [6.45, 7) is 6.59. The highest BCUT2D eigenvalue weighted by atomic mass is 32.1. The van der Waals surface area contributed by atoms with Crippen LogP contribution in [0.3, 0.4) is 0 Å². The molecule has 0 aromatic carbocycles. The van der Waals surface area contributed by atoms with Gasteiger partial charge in [0, 0.05) is 43.0 Å². The number of anilines is 1. The van der Waals surface area contributed by atoms with Crippen LogP contribution in [0.15, 0.2) is 5.38 Å². The van der Waals surface area contributed by atoms with Gasteiger partial charge in [-0.15, -0.1) is 22.7 Å². The first-order chi connectivity index (χ1) is 15.7. The second-order valence-electron chi connectivity index (χ2n) is 8.02. The molecule has 174 valence electrons. The van der Waals surface area contributed by atoms with Crippen molar-refractivity contribution in [1.82, 2.24) is 24.2 Å². The summed E-state index contributed by atoms with van der Waals surface area (Å²) in [6, 6.07) is 0. The van der Waals surface area contributed by atoms with Crippen LogP contribution in [0, 0.1) is 13.8 Å². The number of Topliss-reactive ketones (excluding diaryl/α,β-unsaturated/α-hetero) is 1. The van der Waals surface area contributed by atoms with Crippen molar-refractivity contribution in [3.63, 3.8) is 0 Å². The number of thiazole rings is 2. The Morgan fingerprint density at radius 2 is 1.88 bits per heavy atom. The highest BCUT2D eigenvalue weighted by molar-refractivity contribution is 7.13. The SMILES string of the molecule is CC(=O)Cc1nsc(N(C)C(=O)c2csc(C3CCN(C(=O)c4sc(C)nc4C)CC3)n2)n1. The van der Waals surface area contributed by atoms with Crippen LogP contribution in [0.4, 0.5) is 5.13 Å². The number of nitrogens with zero attached hydrogens (tertiary/aromatic N) is 6. The van der Waals surface area contributed by atoms with Crippen LogP contribution in [-0.2, 0) is 11.2 Å². The lowest BCUT2D eigenvalue weighted by Crippen LogP contribution is -2.37. The Labute approximate surface area is 203 Å². The van der Waals surface area contributed by atoms with Crippen LogP contribution in [-0.4, -0.2) is 62.0 Å². The highest BCUT2D eigenvalue weighted by Crippen LogP contribution is 2.32. The summed E-state index contributed by atoms with van der Waals surface area (Å²) >= 11 is 4.01. The molecule has 3 aromatic rings. The number of aromatic nitrogens is 4. The summed E-state index contributed by atoms with van der Waals surface area (Å²) in [5.74, 6) is 0.411. The Hall–Kier alpha value is -2.57. The summed E-state index contributed by atoms with van der Waals surface area (Å²) in [6.07, 6.45) is 1.78. The van der Waals surface area contributed by atoms with E-state index in [1.165, 1.54) is 34.5 Å². The molecule has 0 bridgehead atoms. The fourth-order valence-electron chi connectivity index (χ4n) is 3.71. The summed E-state index contributed by atoms with van der Waals surface area (Å²) in [7, 11) is 1.63. The van der Waals surface area contributed by atoms with E-state index >= 15 is 0 Å². The van der Waals surface area contributed by atoms with Gasteiger partial charge in [0.15, 0.2) is 5.82 Å². The Morgan fingerprint density at radius 1 is 1.15 bits per heavy atom. The first-order valence-corrected chi connectivity index (χ1v) is 13.0. The van der Waals surface area contributed by atoms with Crippen molar-refractivity contribution in [2.24, 2.45) is 0 Å². The van der Waals surface area contributed by atoms with E-state index in [0.29, 0.717) is 29.7 Å². The van der Waals surface area contributed by atoms with E-state index in [9.17, 15) is 14.4 Å². The number of rotatable bonds is 6. The third-order valence-corrected chi connectivity index (χ3v) is 8.32. The van der Waals surface area contributed by atoms with Gasteiger partial charge in [0.05, 0.1) is 22.1 Å². The number of hydrogen-bond donors (Lipinski definition) is 0. The van der Waals surface area contributed by atoms with E-state index in [4.69, 9.17) is 0 Å². The first kappa shape index (κ1) is 23.6. The molecule has 3 aromatic heterocycles. The molecule has 4 heterocycles. The number of hydrogen-bond acceptors (Lipinski definition) is 10. The Kier molecular flexibility index (Phi) is 6.96. The molecule has 0 aliphatic carbocycles. The lowest BCUT2D eigenvalue weighted by molar-refractivity contribution is -0.116. The van der Waals surface area contributed by atoms with Gasteiger partial charge in [-0.05, 0) is 33.6 Å². The molecule has 0 spiro atoms. The minimum Gasteiger partial charge on any atom is -0.338 e. The van der Waals surface area contributed by atoms with E-state index in [-0.39, 0.29) is 29.9 Å². The molecule has 0 saturated carbocycles. The molecule has 0 radical (unpaired) electrons. The molecule has 1 saturated heterocycles. The van der Waals surface area contributed by atoms with Crippen LogP contribution < -0.4 is 4.90 Å². The van der Waals surface area contributed by atoms with Gasteiger partial charge in [0.2, 0.25) is 5.13 Å². The van der Waals surface area contributed by atoms with Crippen molar-refractivity contribution in [3.8, 4) is 0 Å². The Morgan fingerprint density at radius 3 is 2.52 bits per heavy atom. The smallest absolute Gasteiger partial charge is 0.279 e. The normalized spacial score (nSPS) is 14.5. The number of piperidine rings is 1. The van der Waals surface area contributed by atoms with Gasteiger partial charge in [0.1, 0.15) is 16.4 Å². The van der Waals surface area contributed by atoms with E-state index in [1.54, 1.807) is 12.4 Å². The second-order valence-corrected chi connectivity index (χ2v) is 10.8. The van der Waals surface area contributed by atoms with Crippen molar-refractivity contribution >= 4 is 56.9 Å². The average Bonchev–Trinajstić information content (AvgIpc) is 3.52. The zero-order valence-electron chi connectivity index (χ0n) is 18.8. The van der Waals surface area contributed by atoms with E-state index in [1.807, 2.05) is 18.7 Å². The Balaban J connectivity index is 1.37. The van der Waals surface area contributed by atoms with Crippen LogP contribution in [0.1, 0.15) is 67.4 Å². The maximum absolute atomic E-state index is 12.9. The predicted octanol–water partition coefficient (Wildman–Crippen LogP) is 3.50. The molecular weight excluding hydrogens is 480 g/mol. The van der Waals surface area contributed by atoms with Crippen molar-refractivity contribution in [2.45, 2.75) is 46.0 Å². The number of amides is 2. The molecule has 0 N–H and O–H groups in total. The number of likely N-dealkylation sites (tertiary alicyclic amines) is 1. The molecule has 1 fully saturated rings. The van der Waals surface area contributed by atoms with Crippen LogP contribution in [0.5, 0.6) is 0 Å². The van der Waals surface area contributed by atoms with E-state index < -0.39 is 0 Å². The fraction of sp³-hybridized carbons (Fsp3) is 0.476. The maximum atomic E-state index is 12.9. The van der Waals surface area contributed by atoms with Crippen LogP contribution >= 0.6 is 34.2 Å². The molecule has 0 atom stereocenters. The average molecular weight is 505 g/mol. The zero-order valence-corrected chi connectivity index (χ0v) is 21.3. The monoisotopic (exact) mass is 504 g/mol. The minimum absolute atomic E-state index is 0.0254. The highest BCUT2D eigenvalue weighted by Gasteiger charge is 2.29. The van der Waals surface area contributed by atoms with Crippen molar-refractivity contribution in [3.05, 3.63) is 37.5 Å². The maximum Gasteiger partial charge on any atom is 0.279 e. The van der Waals surface area contributed by atoms with Gasteiger partial charge in [-0.2, -0.15) is 4.37 Å². The van der Waals surface area contributed by atoms with Crippen molar-refractivity contribution in [1.29, 1.82) is 0 Å². The molecule has 1 aliphatic heterocycles. The van der Waals surface area contributed by atoms with Gasteiger partial charge in [-0.3, -0.25) is 19.3 Å². The first-order valence-electron chi connectivity index (χ1n) is 10.5. The standard InChI is InChI=1S/C21H24N6O3S3/c1-11(28)9-16-24-21(33-25-16)26(4)19(29)15-10-31-18(23-15)14-5-7-27(8-6-14)20(30)17-12(2)22-13(3)32-17/h10,14H,5-9H2,1-4H3. The minimum atomic E-state index is -0.258. The molecule has 2 amide bonds. The molecule has 33 heavy (non-hydrogen) atoms. The lowest BCUT2D eigenvalue weighted by Gasteiger charge is -2.30. The predicted molar refractivity (Wildman–Crippen MR) is 129 cm³/mol. The Bertz CT molecular complexity index is 1190. The van der Waals surface area contributed by atoms with E-state index in [2.05, 4.69) is 19.3 Å². The summed E-state index contributed by atoms with van der Waals surface area (Å²) in [5, 5.41) is 4.02. The summed E-state index contributed by atoms with van der Waals surface area (Å²) in [5.41, 5.74) is 1.16. The fourth-order valence-corrected chi connectivity index (χ4v) is 6.21. The van der Waals surface area contributed by atoms with Gasteiger partial charge in [0.25, 0.3) is 11.8 Å². The number of ketones is 1. The molecule has 12 heteroatoms. The molecule has 9 nitrogen and oxygen atoms in total. The quantitative estimate of drug-likeness (QED) is 0.505. The van der Waals surface area contributed by atoms with Gasteiger partial charge in [-0.1, -0.05) is 0 Å². The molecule has 4 rings (SSSR count). The van der Waals surface area contributed by atoms with Crippen LogP contribution in [0.25, 0.3) is 0 Å². The lowest BCUT2D eigenvalue weighted by atomic mass is 9.97. The number of aryl methyl sites for hydroxylation is 2. The summed E-state index contributed by atoms with van der Waals surface area (Å²) in [4.78, 5) is 54.3. The van der Waals surface area contributed by atoms with Crippen molar-refractivity contribution in [2.75, 3.05) is 25.0 Å². The molecule has 0 unspecified atom stereocenters. The third kappa shape index (κ3) is 5.17. The molecular formula is C21H24N6O3S3. The third-order valence-electron chi connectivity index (χ3n) is 5.43. The topological polar surface area (TPSA) is 109 Å². The zero-order chi connectivity index (χ0) is 23.7. The van der Waals surface area contributed by atoms with Crippen LogP contribution in [0.2, 0.25) is 0 Å². The molecule has 1 aliphatic rings. The van der Waals surface area contributed by atoms with Gasteiger partial charge in [-0.25, -0.2) is 15.0 Å². The van der Waals surface area contributed by atoms with E-state index in [0.717, 1.165) is 45.0 Å². The van der Waals surface area contributed by atoms with Gasteiger partial charge < -0.3 is 4.90 Å². The number of carbonyl (C=O) groups excluding carboxylic acids is 3. The van der Waals surface area contributed by atoms with Crippen molar-refractivity contribution < 1.29 is 14.4 Å². The second kappa shape index (κ2) is 9.74. The summed E-state index contributed by atoms with van der Waals surface area (Å²) < 4.78 is 4.14. The number of carbonyl (C=O) groups is 3. The largest absolute Gasteiger partial charge is 0.338 e. The van der Waals surface area contributed by atoms with Gasteiger partial charge >= 0.3 is 0 Å².